The van der Waals surface area contributed by atoms with Crippen LogP contribution in [0.3, 0.4) is 0 Å². The van der Waals surface area contributed by atoms with E-state index in [-0.39, 0.29) is 0 Å². The third-order valence-electron chi connectivity index (χ3n) is 4.40. The van der Waals surface area contributed by atoms with E-state index in [4.69, 9.17) is 17.2 Å². The lowest BCUT2D eigenvalue weighted by molar-refractivity contribution is 0.740. The molecule has 0 saturated carbocycles. The first kappa shape index (κ1) is 20.0. The van der Waals surface area contributed by atoms with Crippen molar-refractivity contribution in [3.63, 3.8) is 0 Å². The van der Waals surface area contributed by atoms with Crippen molar-refractivity contribution in [3.05, 3.63) is 51.2 Å². The van der Waals surface area contributed by atoms with Gasteiger partial charge < -0.3 is 10.6 Å². The van der Waals surface area contributed by atoms with Crippen LogP contribution in [-0.4, -0.2) is 35.3 Å². The van der Waals surface area contributed by atoms with Crippen LogP contribution in [-0.2, 0) is 6.42 Å². The van der Waals surface area contributed by atoms with E-state index in [1.54, 1.807) is 23.1 Å². The van der Waals surface area contributed by atoms with E-state index >= 15 is 0 Å². The molecule has 2 aromatic rings. The van der Waals surface area contributed by atoms with E-state index in [2.05, 4.69) is 47.9 Å². The van der Waals surface area contributed by atoms with Crippen LogP contribution >= 0.6 is 35.3 Å². The molecule has 0 radical (unpaired) electrons. The fourth-order valence-corrected chi connectivity index (χ4v) is 4.32. The lowest BCUT2D eigenvalue weighted by atomic mass is 10.0. The van der Waals surface area contributed by atoms with Gasteiger partial charge in [-0.05, 0) is 60.7 Å². The maximum atomic E-state index is 5.48. The standard InChI is InChI=1S/C20H24N4S3/c1-13-10-17(23-20-21-6-4-7-22-20)14(2)9-16(13)11-18(26-3)24-19(25)15-5-8-27-12-15/h5,8-10,12H,4,6-7,11H2,1-3H3,(H2,21,22,23). The molecule has 0 fully saturated rings. The SMILES string of the molecule is CSC(Cc1cc(C)c(NC2=NCCCN2)cc1C)=NC(=S)c1ccsc1. The highest BCUT2D eigenvalue weighted by molar-refractivity contribution is 8.13. The monoisotopic (exact) mass is 416 g/mol. The molecule has 3 rings (SSSR count). The highest BCUT2D eigenvalue weighted by Gasteiger charge is 2.11. The van der Waals surface area contributed by atoms with Crippen LogP contribution in [0.25, 0.3) is 0 Å². The number of benzene rings is 1. The third kappa shape index (κ3) is 5.40. The van der Waals surface area contributed by atoms with Crippen molar-refractivity contribution in [1.29, 1.82) is 0 Å². The molecular formula is C20H24N4S3. The van der Waals surface area contributed by atoms with Gasteiger partial charge in [-0.1, -0.05) is 18.3 Å². The van der Waals surface area contributed by atoms with E-state index in [0.717, 1.165) is 48.2 Å². The number of guanidine groups is 1. The molecule has 0 saturated heterocycles. The maximum Gasteiger partial charge on any atom is 0.195 e. The maximum absolute atomic E-state index is 5.48. The van der Waals surface area contributed by atoms with Gasteiger partial charge in [-0.3, -0.25) is 4.99 Å². The average Bonchev–Trinajstić information content (AvgIpc) is 3.21. The Kier molecular flexibility index (Phi) is 7.04. The first-order chi connectivity index (χ1) is 13.1. The van der Waals surface area contributed by atoms with E-state index in [9.17, 15) is 0 Å². The molecule has 1 aromatic carbocycles. The van der Waals surface area contributed by atoms with Crippen LogP contribution in [0.2, 0.25) is 0 Å². The smallest absolute Gasteiger partial charge is 0.195 e. The van der Waals surface area contributed by atoms with Gasteiger partial charge in [-0.15, -0.1) is 11.8 Å². The number of nitrogens with one attached hydrogen (secondary N) is 2. The second-order valence-corrected chi connectivity index (χ2v) is 8.48. The van der Waals surface area contributed by atoms with Crippen LogP contribution in [0, 0.1) is 13.8 Å². The first-order valence-electron chi connectivity index (χ1n) is 8.90. The van der Waals surface area contributed by atoms with E-state index < -0.39 is 0 Å². The number of nitrogens with zero attached hydrogens (tertiary/aromatic N) is 2. The summed E-state index contributed by atoms with van der Waals surface area (Å²) in [5.74, 6) is 0.865. The number of thiocarbonyl (C=S) groups is 1. The third-order valence-corrected chi connectivity index (χ3v) is 6.12. The normalized spacial score (nSPS) is 14.5. The van der Waals surface area contributed by atoms with Gasteiger partial charge in [0.2, 0.25) is 0 Å². The second-order valence-electron chi connectivity index (χ2n) is 6.43. The summed E-state index contributed by atoms with van der Waals surface area (Å²) < 4.78 is 0. The van der Waals surface area contributed by atoms with Crippen LogP contribution in [0.4, 0.5) is 5.69 Å². The van der Waals surface area contributed by atoms with Gasteiger partial charge in [0, 0.05) is 36.1 Å². The van der Waals surface area contributed by atoms with Gasteiger partial charge in [0.15, 0.2) is 5.96 Å². The van der Waals surface area contributed by atoms with Crippen LogP contribution < -0.4 is 10.6 Å². The van der Waals surface area contributed by atoms with Crippen molar-refractivity contribution < 1.29 is 0 Å². The summed E-state index contributed by atoms with van der Waals surface area (Å²) >= 11 is 8.78. The quantitative estimate of drug-likeness (QED) is 0.427. The molecule has 0 bridgehead atoms. The van der Waals surface area contributed by atoms with Gasteiger partial charge in [-0.25, -0.2) is 4.99 Å². The van der Waals surface area contributed by atoms with Gasteiger partial charge >= 0.3 is 0 Å². The molecule has 1 aliphatic rings. The topological polar surface area (TPSA) is 48.8 Å². The van der Waals surface area contributed by atoms with Crippen molar-refractivity contribution in [1.82, 2.24) is 5.32 Å². The van der Waals surface area contributed by atoms with Gasteiger partial charge in [0.05, 0.1) is 5.04 Å². The highest BCUT2D eigenvalue weighted by Crippen LogP contribution is 2.23. The minimum absolute atomic E-state index is 0.662. The number of aryl methyl sites for hydroxylation is 2. The van der Waals surface area contributed by atoms with Crippen molar-refractivity contribution in [3.8, 4) is 0 Å². The summed E-state index contributed by atoms with van der Waals surface area (Å²) in [6, 6.07) is 6.45. The Bertz CT molecular complexity index is 870. The summed E-state index contributed by atoms with van der Waals surface area (Å²) in [7, 11) is 0. The molecule has 0 aliphatic carbocycles. The minimum atomic E-state index is 0.662. The first-order valence-corrected chi connectivity index (χ1v) is 11.5. The zero-order valence-electron chi connectivity index (χ0n) is 15.8. The Morgan fingerprint density at radius 1 is 1.37 bits per heavy atom. The second kappa shape index (κ2) is 9.48. The average molecular weight is 417 g/mol. The van der Waals surface area contributed by atoms with Crippen molar-refractivity contribution in [2.75, 3.05) is 24.7 Å². The van der Waals surface area contributed by atoms with Crippen LogP contribution in [0.1, 0.15) is 28.7 Å². The summed E-state index contributed by atoms with van der Waals surface area (Å²) in [5.41, 5.74) is 5.84. The molecule has 0 spiro atoms. The van der Waals surface area contributed by atoms with Crippen molar-refractivity contribution >= 4 is 57.0 Å². The molecule has 2 heterocycles. The molecule has 7 heteroatoms. The molecule has 0 amide bonds. The molecule has 2 N–H and O–H groups in total. The molecule has 27 heavy (non-hydrogen) atoms. The lowest BCUT2D eigenvalue weighted by Crippen LogP contribution is -2.35. The molecule has 0 unspecified atom stereocenters. The highest BCUT2D eigenvalue weighted by atomic mass is 32.2. The Hall–Kier alpha value is -1.70. The molecule has 142 valence electrons. The predicted molar refractivity (Wildman–Crippen MR) is 125 cm³/mol. The van der Waals surface area contributed by atoms with Crippen molar-refractivity contribution in [2.24, 2.45) is 9.98 Å². The molecule has 4 nitrogen and oxygen atoms in total. The lowest BCUT2D eigenvalue weighted by Gasteiger charge is -2.19. The van der Waals surface area contributed by atoms with E-state index in [1.165, 1.54) is 16.7 Å². The largest absolute Gasteiger partial charge is 0.356 e. The van der Waals surface area contributed by atoms with Crippen LogP contribution in [0.5, 0.6) is 0 Å². The fraction of sp³-hybridized carbons (Fsp3) is 0.350. The Labute approximate surface area is 174 Å². The van der Waals surface area contributed by atoms with Gasteiger partial charge in [-0.2, -0.15) is 11.3 Å². The number of hydrogen-bond acceptors (Lipinski definition) is 6. The van der Waals surface area contributed by atoms with Gasteiger partial charge in [0.25, 0.3) is 0 Å². The number of hydrogen-bond donors (Lipinski definition) is 2. The summed E-state index contributed by atoms with van der Waals surface area (Å²) in [4.78, 5) is 9.85. The van der Waals surface area contributed by atoms with E-state index in [0.29, 0.717) is 4.99 Å². The van der Waals surface area contributed by atoms with Crippen molar-refractivity contribution in [2.45, 2.75) is 26.7 Å². The van der Waals surface area contributed by atoms with E-state index in [1.807, 2.05) is 16.8 Å². The van der Waals surface area contributed by atoms with Gasteiger partial charge in [0.1, 0.15) is 4.99 Å². The molecule has 1 aromatic heterocycles. The zero-order chi connectivity index (χ0) is 19.2. The summed E-state index contributed by atoms with van der Waals surface area (Å²) in [6.45, 7) is 6.12. The predicted octanol–water partition coefficient (Wildman–Crippen LogP) is 4.81. The number of anilines is 1. The van der Waals surface area contributed by atoms with Crippen LogP contribution in [0.15, 0.2) is 38.9 Å². The number of aliphatic imine (C=N–C) groups is 2. The number of rotatable bonds is 4. The summed E-state index contributed by atoms with van der Waals surface area (Å²) in [6.07, 6.45) is 3.93. The minimum Gasteiger partial charge on any atom is -0.356 e. The Morgan fingerprint density at radius 3 is 2.89 bits per heavy atom. The zero-order valence-corrected chi connectivity index (χ0v) is 18.3. The number of thioether (sulfide) groups is 1. The molecule has 0 atom stereocenters. The Morgan fingerprint density at radius 2 is 2.22 bits per heavy atom. The molecule has 1 aliphatic heterocycles. The molecular weight excluding hydrogens is 392 g/mol. The number of thiophene rings is 1. The summed E-state index contributed by atoms with van der Waals surface area (Å²) in [5, 5.41) is 11.8. The fourth-order valence-electron chi connectivity index (χ4n) is 2.83. The Balaban J connectivity index is 1.76.